The molecule has 1 aliphatic carbocycles. The van der Waals surface area contributed by atoms with Crippen LogP contribution in [0.2, 0.25) is 0 Å². The molecule has 1 aromatic rings. The van der Waals surface area contributed by atoms with E-state index in [1.165, 1.54) is 6.07 Å². The molecule has 2 rings (SSSR count). The summed E-state index contributed by atoms with van der Waals surface area (Å²) in [4.78, 5) is 0. The van der Waals surface area contributed by atoms with Crippen molar-refractivity contribution < 1.29 is 4.39 Å². The lowest BCUT2D eigenvalue weighted by Gasteiger charge is -2.35. The van der Waals surface area contributed by atoms with Crippen molar-refractivity contribution >= 4 is 15.9 Å². The molecular formula is C11H9BrFN. The van der Waals surface area contributed by atoms with Gasteiger partial charge in [0.05, 0.1) is 16.0 Å². The van der Waals surface area contributed by atoms with Crippen LogP contribution in [0.4, 0.5) is 4.39 Å². The second-order valence-corrected chi connectivity index (χ2v) is 4.53. The van der Waals surface area contributed by atoms with E-state index in [4.69, 9.17) is 5.26 Å². The van der Waals surface area contributed by atoms with Gasteiger partial charge in [0.1, 0.15) is 5.82 Å². The van der Waals surface area contributed by atoms with Crippen molar-refractivity contribution in [2.24, 2.45) is 0 Å². The van der Waals surface area contributed by atoms with Crippen LogP contribution < -0.4 is 0 Å². The summed E-state index contributed by atoms with van der Waals surface area (Å²) >= 11 is 3.14. The summed E-state index contributed by atoms with van der Waals surface area (Å²) < 4.78 is 13.4. The predicted molar refractivity (Wildman–Crippen MR) is 55.2 cm³/mol. The molecule has 0 bridgehead atoms. The van der Waals surface area contributed by atoms with Crippen molar-refractivity contribution in [3.63, 3.8) is 0 Å². The van der Waals surface area contributed by atoms with Crippen molar-refractivity contribution in [1.82, 2.24) is 0 Å². The topological polar surface area (TPSA) is 23.8 Å². The second-order valence-electron chi connectivity index (χ2n) is 3.68. The Morgan fingerprint density at radius 2 is 2.14 bits per heavy atom. The highest BCUT2D eigenvalue weighted by Gasteiger charge is 2.39. The van der Waals surface area contributed by atoms with Crippen LogP contribution in [0.5, 0.6) is 0 Å². The minimum atomic E-state index is -0.351. The predicted octanol–water partition coefficient (Wildman–Crippen LogP) is 3.53. The quantitative estimate of drug-likeness (QED) is 0.752. The second kappa shape index (κ2) is 3.36. The average Bonchev–Trinajstić information content (AvgIpc) is 2.10. The third-order valence-corrected chi connectivity index (χ3v) is 3.50. The summed E-state index contributed by atoms with van der Waals surface area (Å²) in [6, 6.07) is 7.18. The van der Waals surface area contributed by atoms with Crippen molar-refractivity contribution in [1.29, 1.82) is 5.26 Å². The molecule has 0 saturated heterocycles. The van der Waals surface area contributed by atoms with E-state index in [1.54, 1.807) is 12.1 Å². The first kappa shape index (κ1) is 9.67. The van der Waals surface area contributed by atoms with Gasteiger partial charge in [-0.2, -0.15) is 5.26 Å². The third kappa shape index (κ3) is 1.34. The molecule has 0 atom stereocenters. The van der Waals surface area contributed by atoms with Gasteiger partial charge in [0.25, 0.3) is 0 Å². The molecule has 0 N–H and O–H groups in total. The smallest absolute Gasteiger partial charge is 0.137 e. The summed E-state index contributed by atoms with van der Waals surface area (Å²) in [6.45, 7) is 0. The number of hydrogen-bond acceptors (Lipinski definition) is 1. The first-order valence-corrected chi connectivity index (χ1v) is 5.34. The Bertz CT molecular complexity index is 404. The molecule has 72 valence electrons. The number of rotatable bonds is 1. The fraction of sp³-hybridized carbons (Fsp3) is 0.364. The van der Waals surface area contributed by atoms with Crippen LogP contribution in [0, 0.1) is 17.1 Å². The molecule has 0 radical (unpaired) electrons. The molecule has 0 aliphatic heterocycles. The van der Waals surface area contributed by atoms with Gasteiger partial charge in [0.15, 0.2) is 0 Å². The molecule has 0 spiro atoms. The van der Waals surface area contributed by atoms with Gasteiger partial charge in [-0.15, -0.1) is 0 Å². The first-order chi connectivity index (χ1) is 6.68. The SMILES string of the molecule is N#CC1(c2ccc(F)c(Br)c2)CCC1. The van der Waals surface area contributed by atoms with Gasteiger partial charge < -0.3 is 0 Å². The summed E-state index contributed by atoms with van der Waals surface area (Å²) in [5.74, 6) is -0.277. The molecule has 0 aromatic heterocycles. The van der Waals surface area contributed by atoms with Gasteiger partial charge in [-0.25, -0.2) is 4.39 Å². The molecule has 3 heteroatoms. The summed E-state index contributed by atoms with van der Waals surface area (Å²) in [5.41, 5.74) is 0.579. The Morgan fingerprint density at radius 1 is 1.43 bits per heavy atom. The molecule has 0 unspecified atom stereocenters. The summed E-state index contributed by atoms with van der Waals surface area (Å²) in [6.07, 6.45) is 2.87. The van der Waals surface area contributed by atoms with E-state index in [1.807, 2.05) is 0 Å². The monoisotopic (exact) mass is 253 g/mol. The Labute approximate surface area is 90.7 Å². The third-order valence-electron chi connectivity index (χ3n) is 2.89. The van der Waals surface area contributed by atoms with Gasteiger partial charge in [0.2, 0.25) is 0 Å². The molecule has 1 aliphatic rings. The fourth-order valence-corrected chi connectivity index (χ4v) is 2.17. The van der Waals surface area contributed by atoms with Crippen LogP contribution in [0.1, 0.15) is 24.8 Å². The van der Waals surface area contributed by atoms with E-state index < -0.39 is 0 Å². The summed E-state index contributed by atoms with van der Waals surface area (Å²) in [5, 5.41) is 9.09. The molecule has 1 fully saturated rings. The van der Waals surface area contributed by atoms with Crippen molar-refractivity contribution in [3.8, 4) is 6.07 Å². The molecular weight excluding hydrogens is 245 g/mol. The molecule has 0 heterocycles. The first-order valence-electron chi connectivity index (χ1n) is 4.55. The summed E-state index contributed by atoms with van der Waals surface area (Å²) in [7, 11) is 0. The Morgan fingerprint density at radius 3 is 2.57 bits per heavy atom. The fourth-order valence-electron chi connectivity index (χ4n) is 1.79. The van der Waals surface area contributed by atoms with E-state index in [0.29, 0.717) is 4.47 Å². The van der Waals surface area contributed by atoms with Crippen LogP contribution >= 0.6 is 15.9 Å². The Balaban J connectivity index is 2.42. The molecule has 1 saturated carbocycles. The van der Waals surface area contributed by atoms with E-state index in [9.17, 15) is 4.39 Å². The molecule has 14 heavy (non-hydrogen) atoms. The van der Waals surface area contributed by atoms with Crippen LogP contribution in [0.15, 0.2) is 22.7 Å². The molecule has 1 aromatic carbocycles. The number of nitrogens with zero attached hydrogens (tertiary/aromatic N) is 1. The number of halogens is 2. The van der Waals surface area contributed by atoms with Crippen LogP contribution in [0.25, 0.3) is 0 Å². The maximum atomic E-state index is 13.0. The maximum absolute atomic E-state index is 13.0. The van der Waals surface area contributed by atoms with E-state index in [2.05, 4.69) is 22.0 Å². The molecule has 0 amide bonds. The van der Waals surface area contributed by atoms with Gasteiger partial charge in [-0.3, -0.25) is 0 Å². The largest absolute Gasteiger partial charge is 0.206 e. The number of hydrogen-bond donors (Lipinski definition) is 0. The van der Waals surface area contributed by atoms with Gasteiger partial charge >= 0.3 is 0 Å². The van der Waals surface area contributed by atoms with Crippen molar-refractivity contribution in [2.45, 2.75) is 24.7 Å². The zero-order chi connectivity index (χ0) is 10.2. The highest BCUT2D eigenvalue weighted by atomic mass is 79.9. The molecule has 1 nitrogen and oxygen atoms in total. The van der Waals surface area contributed by atoms with Gasteiger partial charge in [0, 0.05) is 0 Å². The lowest BCUT2D eigenvalue weighted by Crippen LogP contribution is -2.32. The normalized spacial score (nSPS) is 18.4. The van der Waals surface area contributed by atoms with Crippen LogP contribution in [0.3, 0.4) is 0 Å². The van der Waals surface area contributed by atoms with E-state index >= 15 is 0 Å². The Kier molecular flexibility index (Phi) is 2.32. The van der Waals surface area contributed by atoms with Crippen LogP contribution in [-0.2, 0) is 5.41 Å². The van der Waals surface area contributed by atoms with Gasteiger partial charge in [-0.1, -0.05) is 6.07 Å². The van der Waals surface area contributed by atoms with E-state index in [-0.39, 0.29) is 11.2 Å². The zero-order valence-electron chi connectivity index (χ0n) is 7.56. The highest BCUT2D eigenvalue weighted by molar-refractivity contribution is 9.10. The van der Waals surface area contributed by atoms with Crippen LogP contribution in [-0.4, -0.2) is 0 Å². The minimum absolute atomic E-state index is 0.277. The minimum Gasteiger partial charge on any atom is -0.206 e. The lowest BCUT2D eigenvalue weighted by atomic mass is 9.65. The number of benzene rings is 1. The Hall–Kier alpha value is -0.880. The van der Waals surface area contributed by atoms with E-state index in [0.717, 1.165) is 24.8 Å². The highest BCUT2D eigenvalue weighted by Crippen LogP contribution is 2.43. The lowest BCUT2D eigenvalue weighted by molar-refractivity contribution is 0.323. The standard InChI is InChI=1S/C11H9BrFN/c12-9-6-8(2-3-10(9)13)11(7-14)4-1-5-11/h2-3,6H,1,4-5H2. The zero-order valence-corrected chi connectivity index (χ0v) is 9.14. The maximum Gasteiger partial charge on any atom is 0.137 e. The average molecular weight is 254 g/mol. The van der Waals surface area contributed by atoms with Crippen molar-refractivity contribution in [3.05, 3.63) is 34.1 Å². The van der Waals surface area contributed by atoms with Gasteiger partial charge in [-0.05, 0) is 52.9 Å². The number of nitriles is 1. The van der Waals surface area contributed by atoms with Crippen molar-refractivity contribution in [2.75, 3.05) is 0 Å².